The Hall–Kier alpha value is -1.81. The molecule has 2 aromatic rings. The van der Waals surface area contributed by atoms with Gasteiger partial charge in [-0.2, -0.15) is 0 Å². The zero-order valence-corrected chi connectivity index (χ0v) is 11.7. The maximum Gasteiger partial charge on any atom is 0.151 e. The van der Waals surface area contributed by atoms with Crippen LogP contribution in [-0.2, 0) is 6.54 Å². The molecule has 5 heteroatoms. The van der Waals surface area contributed by atoms with Crippen molar-refractivity contribution in [1.29, 1.82) is 0 Å². The lowest BCUT2D eigenvalue weighted by molar-refractivity contribution is 0.631. The molecule has 3 nitrogen and oxygen atoms in total. The van der Waals surface area contributed by atoms with E-state index in [-0.39, 0.29) is 5.02 Å². The number of nitrogen functional groups attached to an aromatic ring is 1. The quantitative estimate of drug-likeness (QED) is 0.866. The zero-order valence-electron chi connectivity index (χ0n) is 10.9. The number of hydrogen-bond donors (Lipinski definition) is 1. The summed E-state index contributed by atoms with van der Waals surface area (Å²) in [4.78, 5) is 4.55. The summed E-state index contributed by atoms with van der Waals surface area (Å²) >= 11 is 5.83. The smallest absolute Gasteiger partial charge is 0.151 e. The Morgan fingerprint density at radius 3 is 2.90 bits per heavy atom. The Morgan fingerprint density at radius 1 is 1.50 bits per heavy atom. The van der Waals surface area contributed by atoms with E-state index in [1.165, 1.54) is 6.07 Å². The molecule has 0 radical (unpaired) electrons. The fraction of sp³-hybridized carbons (Fsp3) is 0.267. The first-order valence-electron chi connectivity index (χ1n) is 6.54. The number of halogens is 2. The average molecular weight is 292 g/mol. The second kappa shape index (κ2) is 4.94. The van der Waals surface area contributed by atoms with Crippen LogP contribution in [0.25, 0.3) is 11.3 Å². The number of nitrogens with zero attached hydrogens (tertiary/aromatic N) is 2. The first-order chi connectivity index (χ1) is 9.63. The Labute approximate surface area is 121 Å². The molecule has 1 fully saturated rings. The van der Waals surface area contributed by atoms with E-state index in [9.17, 15) is 4.39 Å². The second-order valence-electron chi connectivity index (χ2n) is 4.98. The van der Waals surface area contributed by atoms with E-state index in [0.29, 0.717) is 29.5 Å². The number of anilines is 1. The van der Waals surface area contributed by atoms with E-state index >= 15 is 0 Å². The number of aromatic nitrogens is 2. The highest BCUT2D eigenvalue weighted by Gasteiger charge is 2.31. The number of rotatable bonds is 4. The molecule has 0 unspecified atom stereocenters. The van der Waals surface area contributed by atoms with Gasteiger partial charge in [-0.05, 0) is 25.0 Å². The molecule has 20 heavy (non-hydrogen) atoms. The van der Waals surface area contributed by atoms with Crippen molar-refractivity contribution in [2.75, 3.05) is 5.73 Å². The van der Waals surface area contributed by atoms with Gasteiger partial charge in [0.15, 0.2) is 5.82 Å². The molecule has 1 aromatic carbocycles. The van der Waals surface area contributed by atoms with Crippen LogP contribution in [0.3, 0.4) is 0 Å². The van der Waals surface area contributed by atoms with Crippen molar-refractivity contribution >= 4 is 17.4 Å². The van der Waals surface area contributed by atoms with Crippen LogP contribution in [0.1, 0.15) is 24.6 Å². The highest BCUT2D eigenvalue weighted by molar-refractivity contribution is 6.31. The maximum atomic E-state index is 14.2. The normalized spacial score (nSPS) is 14.5. The summed E-state index contributed by atoms with van der Waals surface area (Å²) < 4.78 is 16.1. The fourth-order valence-electron chi connectivity index (χ4n) is 2.34. The third-order valence-electron chi connectivity index (χ3n) is 3.50. The SMILES string of the molecule is C=CCn1c(C2CC2)nc(-c2cccc(Cl)c2F)c1N. The van der Waals surface area contributed by atoms with Crippen molar-refractivity contribution in [1.82, 2.24) is 9.55 Å². The second-order valence-corrected chi connectivity index (χ2v) is 5.39. The van der Waals surface area contributed by atoms with Gasteiger partial charge in [0.2, 0.25) is 0 Å². The topological polar surface area (TPSA) is 43.8 Å². The minimum absolute atomic E-state index is 0.0770. The van der Waals surface area contributed by atoms with Crippen LogP contribution >= 0.6 is 11.6 Å². The third kappa shape index (κ3) is 2.10. The number of imidazole rings is 1. The fourth-order valence-corrected chi connectivity index (χ4v) is 2.52. The van der Waals surface area contributed by atoms with Gasteiger partial charge >= 0.3 is 0 Å². The van der Waals surface area contributed by atoms with Crippen LogP contribution in [-0.4, -0.2) is 9.55 Å². The summed E-state index contributed by atoms with van der Waals surface area (Å²) in [6.45, 7) is 4.31. The minimum atomic E-state index is -0.480. The third-order valence-corrected chi connectivity index (χ3v) is 3.79. The summed E-state index contributed by atoms with van der Waals surface area (Å²) in [5.74, 6) is 1.32. The van der Waals surface area contributed by atoms with Crippen molar-refractivity contribution in [3.05, 3.63) is 47.5 Å². The van der Waals surface area contributed by atoms with Crippen molar-refractivity contribution in [3.63, 3.8) is 0 Å². The predicted molar refractivity (Wildman–Crippen MR) is 79.2 cm³/mol. The van der Waals surface area contributed by atoms with E-state index in [2.05, 4.69) is 11.6 Å². The van der Waals surface area contributed by atoms with Gasteiger partial charge in [-0.3, -0.25) is 0 Å². The lowest BCUT2D eigenvalue weighted by Gasteiger charge is -2.06. The molecule has 0 aliphatic heterocycles. The molecule has 1 aliphatic rings. The van der Waals surface area contributed by atoms with Gasteiger partial charge in [0, 0.05) is 18.0 Å². The van der Waals surface area contributed by atoms with Crippen molar-refractivity contribution in [3.8, 4) is 11.3 Å². The van der Waals surface area contributed by atoms with Crippen molar-refractivity contribution < 1.29 is 4.39 Å². The Balaban J connectivity index is 2.16. The van der Waals surface area contributed by atoms with Gasteiger partial charge in [0.05, 0.1) is 5.02 Å². The monoisotopic (exact) mass is 291 g/mol. The first-order valence-corrected chi connectivity index (χ1v) is 6.92. The van der Waals surface area contributed by atoms with Crippen LogP contribution in [0.2, 0.25) is 5.02 Å². The lowest BCUT2D eigenvalue weighted by atomic mass is 10.1. The van der Waals surface area contributed by atoms with E-state index < -0.39 is 5.82 Å². The standard InChI is InChI=1S/C15H15ClFN3/c1-2-8-20-14(18)13(19-15(20)9-6-7-9)10-4-3-5-11(16)12(10)17/h2-5,9H,1,6-8,18H2. The molecule has 104 valence electrons. The number of nitrogens with two attached hydrogens (primary N) is 1. The van der Waals surface area contributed by atoms with Crippen molar-refractivity contribution in [2.24, 2.45) is 0 Å². The average Bonchev–Trinajstić information content (AvgIpc) is 3.22. The van der Waals surface area contributed by atoms with Crippen LogP contribution in [0.5, 0.6) is 0 Å². The number of hydrogen-bond acceptors (Lipinski definition) is 2. The molecule has 0 atom stereocenters. The lowest BCUT2D eigenvalue weighted by Crippen LogP contribution is -2.05. The Kier molecular flexibility index (Phi) is 3.26. The molecule has 2 N–H and O–H groups in total. The molecule has 3 rings (SSSR count). The minimum Gasteiger partial charge on any atom is -0.383 e. The number of benzene rings is 1. The largest absolute Gasteiger partial charge is 0.383 e. The van der Waals surface area contributed by atoms with Crippen LogP contribution in [0.4, 0.5) is 10.2 Å². The molecule has 1 saturated carbocycles. The van der Waals surface area contributed by atoms with Crippen LogP contribution < -0.4 is 5.73 Å². The van der Waals surface area contributed by atoms with Gasteiger partial charge < -0.3 is 10.3 Å². The molecule has 0 bridgehead atoms. The van der Waals surface area contributed by atoms with Gasteiger partial charge in [-0.25, -0.2) is 9.37 Å². The van der Waals surface area contributed by atoms with E-state index in [0.717, 1.165) is 18.7 Å². The molecule has 0 spiro atoms. The van der Waals surface area contributed by atoms with Crippen LogP contribution in [0, 0.1) is 5.82 Å². The molecule has 1 aliphatic carbocycles. The maximum absolute atomic E-state index is 14.2. The number of allylic oxidation sites excluding steroid dienone is 1. The summed E-state index contributed by atoms with van der Waals surface area (Å²) in [7, 11) is 0. The summed E-state index contributed by atoms with van der Waals surface area (Å²) in [6, 6.07) is 4.86. The highest BCUT2D eigenvalue weighted by atomic mass is 35.5. The Bertz CT molecular complexity index is 674. The Morgan fingerprint density at radius 2 is 2.25 bits per heavy atom. The van der Waals surface area contributed by atoms with E-state index in [1.807, 2.05) is 4.57 Å². The summed E-state index contributed by atoms with van der Waals surface area (Å²) in [6.07, 6.45) is 3.97. The zero-order chi connectivity index (χ0) is 14.3. The van der Waals surface area contributed by atoms with Crippen LogP contribution in [0.15, 0.2) is 30.9 Å². The predicted octanol–water partition coefficient (Wildman–Crippen LogP) is 3.99. The van der Waals surface area contributed by atoms with E-state index in [4.69, 9.17) is 17.3 Å². The highest BCUT2D eigenvalue weighted by Crippen LogP contribution is 2.42. The molecular formula is C15H15ClFN3. The van der Waals surface area contributed by atoms with Crippen molar-refractivity contribution in [2.45, 2.75) is 25.3 Å². The van der Waals surface area contributed by atoms with E-state index in [1.54, 1.807) is 18.2 Å². The summed E-state index contributed by atoms with van der Waals surface area (Å²) in [5.41, 5.74) is 6.96. The molecule has 0 amide bonds. The first kappa shape index (κ1) is 13.2. The van der Waals surface area contributed by atoms with Gasteiger partial charge in [0.1, 0.15) is 17.3 Å². The molecule has 1 aromatic heterocycles. The van der Waals surface area contributed by atoms with Gasteiger partial charge in [0.25, 0.3) is 0 Å². The van der Waals surface area contributed by atoms with Gasteiger partial charge in [-0.15, -0.1) is 6.58 Å². The summed E-state index contributed by atoms with van der Waals surface area (Å²) in [5, 5.41) is 0.0770. The molecular weight excluding hydrogens is 277 g/mol. The molecule has 0 saturated heterocycles. The van der Waals surface area contributed by atoms with Gasteiger partial charge in [-0.1, -0.05) is 23.7 Å². The molecule has 1 heterocycles.